The van der Waals surface area contributed by atoms with Crippen molar-refractivity contribution in [1.29, 1.82) is 0 Å². The maximum Gasteiger partial charge on any atom is 0.245 e. The summed E-state index contributed by atoms with van der Waals surface area (Å²) < 4.78 is 10.9. The Morgan fingerprint density at radius 2 is 2.19 bits per heavy atom. The summed E-state index contributed by atoms with van der Waals surface area (Å²) in [4.78, 5) is 4.38. The molecular weight excluding hydrogens is 270 g/mol. The second-order valence-corrected chi connectivity index (χ2v) is 5.55. The van der Waals surface area contributed by atoms with Gasteiger partial charge in [0.2, 0.25) is 5.89 Å². The lowest BCUT2D eigenvalue weighted by molar-refractivity contribution is 0.116. The van der Waals surface area contributed by atoms with Gasteiger partial charge in [0.05, 0.1) is 24.9 Å². The van der Waals surface area contributed by atoms with Crippen molar-refractivity contribution in [3.05, 3.63) is 35.5 Å². The summed E-state index contributed by atoms with van der Waals surface area (Å²) in [5.74, 6) is 2.60. The number of para-hydroxylation sites is 1. The maximum atomic E-state index is 9.99. The second-order valence-electron chi connectivity index (χ2n) is 5.55. The van der Waals surface area contributed by atoms with Gasteiger partial charge in [-0.05, 0) is 18.9 Å². The summed E-state index contributed by atoms with van der Waals surface area (Å²) in [6.45, 7) is 0.981. The Kier molecular flexibility index (Phi) is 3.03. The first-order valence-corrected chi connectivity index (χ1v) is 7.31. The first-order valence-electron chi connectivity index (χ1n) is 7.31. The van der Waals surface area contributed by atoms with Crippen molar-refractivity contribution in [2.45, 2.75) is 37.8 Å². The SMILES string of the molecule is OC1CCOc2c(NCc3nc(C4CC4)no3)cccc21. The first-order chi connectivity index (χ1) is 10.3. The van der Waals surface area contributed by atoms with Crippen LogP contribution in [0.1, 0.15) is 48.6 Å². The van der Waals surface area contributed by atoms with Crippen LogP contribution in [-0.2, 0) is 6.54 Å². The number of hydrogen-bond acceptors (Lipinski definition) is 6. The molecule has 2 N–H and O–H groups in total. The highest BCUT2D eigenvalue weighted by Gasteiger charge is 2.28. The number of nitrogens with one attached hydrogen (secondary N) is 1. The van der Waals surface area contributed by atoms with E-state index < -0.39 is 6.10 Å². The molecule has 1 saturated carbocycles. The predicted octanol–water partition coefficient (Wildman–Crippen LogP) is 2.38. The number of fused-ring (bicyclic) bond motifs is 1. The average Bonchev–Trinajstić information content (AvgIpc) is 3.25. The second kappa shape index (κ2) is 5.04. The molecule has 6 nitrogen and oxygen atoms in total. The van der Waals surface area contributed by atoms with Gasteiger partial charge in [0, 0.05) is 17.9 Å². The maximum absolute atomic E-state index is 9.99. The van der Waals surface area contributed by atoms with E-state index in [-0.39, 0.29) is 0 Å². The molecule has 6 heteroatoms. The Morgan fingerprint density at radius 3 is 3.05 bits per heavy atom. The molecule has 1 aromatic heterocycles. The lowest BCUT2D eigenvalue weighted by Gasteiger charge is -2.24. The third-order valence-corrected chi connectivity index (χ3v) is 3.90. The first kappa shape index (κ1) is 12.6. The number of aromatic nitrogens is 2. The van der Waals surface area contributed by atoms with Crippen LogP contribution in [0.5, 0.6) is 5.75 Å². The fourth-order valence-electron chi connectivity index (χ4n) is 2.56. The number of benzene rings is 1. The largest absolute Gasteiger partial charge is 0.491 e. The molecule has 0 spiro atoms. The van der Waals surface area contributed by atoms with Gasteiger partial charge >= 0.3 is 0 Å². The number of hydrogen-bond donors (Lipinski definition) is 2. The average molecular weight is 287 g/mol. The summed E-state index contributed by atoms with van der Waals surface area (Å²) in [5.41, 5.74) is 1.67. The highest BCUT2D eigenvalue weighted by atomic mass is 16.5. The summed E-state index contributed by atoms with van der Waals surface area (Å²) >= 11 is 0. The van der Waals surface area contributed by atoms with Gasteiger partial charge in [0.1, 0.15) is 5.75 Å². The quantitative estimate of drug-likeness (QED) is 0.898. The molecule has 21 heavy (non-hydrogen) atoms. The number of nitrogens with zero attached hydrogens (tertiary/aromatic N) is 2. The van der Waals surface area contributed by atoms with Crippen molar-refractivity contribution in [1.82, 2.24) is 10.1 Å². The summed E-state index contributed by atoms with van der Waals surface area (Å²) in [5, 5.41) is 17.2. The van der Waals surface area contributed by atoms with Gasteiger partial charge < -0.3 is 19.7 Å². The van der Waals surface area contributed by atoms with Gasteiger partial charge in [-0.1, -0.05) is 17.3 Å². The zero-order chi connectivity index (χ0) is 14.2. The van der Waals surface area contributed by atoms with E-state index in [2.05, 4.69) is 15.5 Å². The molecule has 110 valence electrons. The van der Waals surface area contributed by atoms with Crippen LogP contribution >= 0.6 is 0 Å². The van der Waals surface area contributed by atoms with E-state index in [1.54, 1.807) is 0 Å². The van der Waals surface area contributed by atoms with Crippen LogP contribution in [0.15, 0.2) is 22.7 Å². The number of aliphatic hydroxyl groups excluding tert-OH is 1. The highest BCUT2D eigenvalue weighted by Crippen LogP contribution is 2.39. The molecular formula is C15H17N3O3. The zero-order valence-electron chi connectivity index (χ0n) is 11.6. The van der Waals surface area contributed by atoms with Crippen molar-refractivity contribution in [3.8, 4) is 5.75 Å². The van der Waals surface area contributed by atoms with Gasteiger partial charge in [0.25, 0.3) is 0 Å². The van der Waals surface area contributed by atoms with E-state index in [1.165, 1.54) is 0 Å². The Balaban J connectivity index is 1.50. The third-order valence-electron chi connectivity index (χ3n) is 3.90. The molecule has 0 radical (unpaired) electrons. The van der Waals surface area contributed by atoms with E-state index >= 15 is 0 Å². The van der Waals surface area contributed by atoms with Crippen molar-refractivity contribution in [2.24, 2.45) is 0 Å². The van der Waals surface area contributed by atoms with E-state index in [4.69, 9.17) is 9.26 Å². The van der Waals surface area contributed by atoms with Crippen molar-refractivity contribution < 1.29 is 14.4 Å². The molecule has 2 aliphatic rings. The van der Waals surface area contributed by atoms with Gasteiger partial charge in [-0.2, -0.15) is 4.98 Å². The number of rotatable bonds is 4. The van der Waals surface area contributed by atoms with Gasteiger partial charge in [-0.3, -0.25) is 0 Å². The minimum absolute atomic E-state index is 0.454. The Bertz CT molecular complexity index is 651. The number of ether oxygens (including phenoxy) is 1. The molecule has 2 aromatic rings. The topological polar surface area (TPSA) is 80.4 Å². The normalized spacial score (nSPS) is 20.7. The zero-order valence-corrected chi connectivity index (χ0v) is 11.6. The van der Waals surface area contributed by atoms with Gasteiger partial charge in [0.15, 0.2) is 5.82 Å². The number of anilines is 1. The molecule has 4 rings (SSSR count). The molecule has 1 aliphatic heterocycles. The standard InChI is InChI=1S/C15H17N3O3/c19-12-6-7-20-14-10(12)2-1-3-11(14)16-8-13-17-15(18-21-13)9-4-5-9/h1-3,9,12,16,19H,4-8H2. The van der Waals surface area contributed by atoms with Gasteiger partial charge in [-0.25, -0.2) is 0 Å². The van der Waals surface area contributed by atoms with E-state index in [9.17, 15) is 5.11 Å². The van der Waals surface area contributed by atoms with Crippen molar-refractivity contribution >= 4 is 5.69 Å². The van der Waals surface area contributed by atoms with Crippen molar-refractivity contribution in [3.63, 3.8) is 0 Å². The van der Waals surface area contributed by atoms with Crippen molar-refractivity contribution in [2.75, 3.05) is 11.9 Å². The van der Waals surface area contributed by atoms with Crippen LogP contribution < -0.4 is 10.1 Å². The summed E-state index contributed by atoms with van der Waals surface area (Å²) in [7, 11) is 0. The fraction of sp³-hybridized carbons (Fsp3) is 0.467. The van der Waals surface area contributed by atoms with Crippen LogP contribution in [0.25, 0.3) is 0 Å². The van der Waals surface area contributed by atoms with Gasteiger partial charge in [-0.15, -0.1) is 0 Å². The number of aliphatic hydroxyl groups is 1. The molecule has 0 amide bonds. The van der Waals surface area contributed by atoms with E-state index in [0.717, 1.165) is 35.7 Å². The molecule has 1 aliphatic carbocycles. The van der Waals surface area contributed by atoms with Crippen LogP contribution in [0.3, 0.4) is 0 Å². The lowest BCUT2D eigenvalue weighted by Crippen LogP contribution is -2.15. The Labute approximate surface area is 122 Å². The minimum Gasteiger partial charge on any atom is -0.491 e. The summed E-state index contributed by atoms with van der Waals surface area (Å²) in [6, 6.07) is 5.72. The molecule has 1 atom stereocenters. The Morgan fingerprint density at radius 1 is 1.29 bits per heavy atom. The molecule has 2 heterocycles. The molecule has 1 unspecified atom stereocenters. The Hall–Kier alpha value is -2.08. The molecule has 0 saturated heterocycles. The lowest BCUT2D eigenvalue weighted by atomic mass is 10.0. The van der Waals surface area contributed by atoms with Crippen LogP contribution in [-0.4, -0.2) is 21.9 Å². The minimum atomic E-state index is -0.458. The van der Waals surface area contributed by atoms with E-state index in [1.807, 2.05) is 18.2 Å². The highest BCUT2D eigenvalue weighted by molar-refractivity contribution is 5.61. The summed E-state index contributed by atoms with van der Waals surface area (Å²) in [6.07, 6.45) is 2.49. The molecule has 1 fully saturated rings. The van der Waals surface area contributed by atoms with Crippen LogP contribution in [0.4, 0.5) is 5.69 Å². The monoisotopic (exact) mass is 287 g/mol. The predicted molar refractivity (Wildman–Crippen MR) is 75.1 cm³/mol. The smallest absolute Gasteiger partial charge is 0.245 e. The van der Waals surface area contributed by atoms with Crippen LogP contribution in [0, 0.1) is 0 Å². The molecule has 0 bridgehead atoms. The van der Waals surface area contributed by atoms with Crippen LogP contribution in [0.2, 0.25) is 0 Å². The fourth-order valence-corrected chi connectivity index (χ4v) is 2.56. The van der Waals surface area contributed by atoms with E-state index in [0.29, 0.717) is 31.4 Å². The third kappa shape index (κ3) is 2.47. The molecule has 1 aromatic carbocycles.